The van der Waals surface area contributed by atoms with Crippen LogP contribution in [0.5, 0.6) is 0 Å². The summed E-state index contributed by atoms with van der Waals surface area (Å²) in [5, 5.41) is 1.38. The lowest BCUT2D eigenvalue weighted by atomic mass is 9.83. The van der Waals surface area contributed by atoms with E-state index < -0.39 is 0 Å². The van der Waals surface area contributed by atoms with Crippen LogP contribution in [0.1, 0.15) is 29.9 Å². The third-order valence-corrected chi connectivity index (χ3v) is 3.87. The number of aromatic nitrogens is 1. The van der Waals surface area contributed by atoms with Crippen molar-refractivity contribution in [2.45, 2.75) is 18.8 Å². The third kappa shape index (κ3) is 4.10. The fourth-order valence-corrected chi connectivity index (χ4v) is 2.57. The molecule has 0 spiro atoms. The van der Waals surface area contributed by atoms with Crippen LogP contribution in [0.25, 0.3) is 0 Å². The van der Waals surface area contributed by atoms with E-state index in [0.29, 0.717) is 11.6 Å². The fraction of sp³-hybridized carbons (Fsp3) is 0.267. The quantitative estimate of drug-likeness (QED) is 0.885. The zero-order chi connectivity index (χ0) is 13.8. The molecular weight excluding hydrogens is 315 g/mol. The molecule has 0 aliphatic heterocycles. The number of rotatable bonds is 4. The minimum Gasteiger partial charge on any atom is -0.330 e. The number of nitrogens with two attached hydrogens (primary N) is 1. The molecule has 0 bridgehead atoms. The molecule has 1 aromatic carbocycles. The van der Waals surface area contributed by atoms with E-state index in [-0.39, 0.29) is 24.2 Å². The molecule has 5 heteroatoms. The summed E-state index contributed by atoms with van der Waals surface area (Å²) in [5.74, 6) is 0.468. The molecule has 20 heavy (non-hydrogen) atoms. The van der Waals surface area contributed by atoms with Crippen molar-refractivity contribution in [1.82, 2.24) is 4.98 Å². The second kappa shape index (κ2) is 7.84. The van der Waals surface area contributed by atoms with Crippen LogP contribution in [0.4, 0.5) is 0 Å². The van der Waals surface area contributed by atoms with Crippen LogP contribution < -0.4 is 5.73 Å². The summed E-state index contributed by atoms with van der Waals surface area (Å²) >= 11 is 11.9. The van der Waals surface area contributed by atoms with Crippen molar-refractivity contribution in [3.05, 3.63) is 63.9 Å². The topological polar surface area (TPSA) is 38.9 Å². The number of hydrogen-bond acceptors (Lipinski definition) is 2. The maximum atomic E-state index is 6.00. The molecule has 0 fully saturated rings. The molecule has 0 saturated heterocycles. The SMILES string of the molecule is CC(c1ccc(Cl)cc1)C(CN)c1cncc(Cl)c1.Cl. The van der Waals surface area contributed by atoms with Gasteiger partial charge >= 0.3 is 0 Å². The summed E-state index contributed by atoms with van der Waals surface area (Å²) in [7, 11) is 0. The molecule has 0 radical (unpaired) electrons. The van der Waals surface area contributed by atoms with E-state index in [2.05, 4.69) is 11.9 Å². The highest BCUT2D eigenvalue weighted by molar-refractivity contribution is 6.30. The highest BCUT2D eigenvalue weighted by Crippen LogP contribution is 2.32. The van der Waals surface area contributed by atoms with Crippen molar-refractivity contribution in [3.63, 3.8) is 0 Å². The lowest BCUT2D eigenvalue weighted by Gasteiger charge is -2.23. The molecule has 0 saturated carbocycles. The summed E-state index contributed by atoms with van der Waals surface area (Å²) < 4.78 is 0. The zero-order valence-corrected chi connectivity index (χ0v) is 13.4. The van der Waals surface area contributed by atoms with E-state index in [4.69, 9.17) is 28.9 Å². The molecule has 0 amide bonds. The Labute approximate surface area is 135 Å². The van der Waals surface area contributed by atoms with E-state index >= 15 is 0 Å². The van der Waals surface area contributed by atoms with Gasteiger partial charge in [-0.1, -0.05) is 42.3 Å². The van der Waals surface area contributed by atoms with Gasteiger partial charge in [0.15, 0.2) is 0 Å². The van der Waals surface area contributed by atoms with Crippen LogP contribution in [0.3, 0.4) is 0 Å². The molecule has 1 aromatic heterocycles. The van der Waals surface area contributed by atoms with Crippen molar-refractivity contribution < 1.29 is 0 Å². The molecule has 2 aromatic rings. The van der Waals surface area contributed by atoms with Crippen molar-refractivity contribution in [2.75, 3.05) is 6.54 Å². The van der Waals surface area contributed by atoms with Gasteiger partial charge in [0, 0.05) is 23.3 Å². The normalized spacial score (nSPS) is 13.4. The number of halogens is 3. The maximum absolute atomic E-state index is 6.00. The number of hydrogen-bond donors (Lipinski definition) is 1. The van der Waals surface area contributed by atoms with Gasteiger partial charge < -0.3 is 5.73 Å². The minimum absolute atomic E-state index is 0. The van der Waals surface area contributed by atoms with E-state index in [1.165, 1.54) is 5.56 Å². The highest BCUT2D eigenvalue weighted by atomic mass is 35.5. The predicted molar refractivity (Wildman–Crippen MR) is 88.2 cm³/mol. The first-order valence-electron chi connectivity index (χ1n) is 6.17. The van der Waals surface area contributed by atoms with Crippen LogP contribution in [0.15, 0.2) is 42.7 Å². The Morgan fingerprint density at radius 3 is 2.25 bits per heavy atom. The van der Waals surface area contributed by atoms with E-state index in [9.17, 15) is 0 Å². The Bertz CT molecular complexity index is 543. The summed E-state index contributed by atoms with van der Waals surface area (Å²) in [4.78, 5) is 4.13. The van der Waals surface area contributed by atoms with Gasteiger partial charge in [-0.2, -0.15) is 0 Å². The zero-order valence-electron chi connectivity index (χ0n) is 11.1. The average molecular weight is 332 g/mol. The first-order valence-corrected chi connectivity index (χ1v) is 6.93. The smallest absolute Gasteiger partial charge is 0.0592 e. The molecule has 2 N–H and O–H groups in total. The second-order valence-electron chi connectivity index (χ2n) is 4.62. The average Bonchev–Trinajstić information content (AvgIpc) is 2.40. The van der Waals surface area contributed by atoms with Gasteiger partial charge in [0.05, 0.1) is 5.02 Å². The second-order valence-corrected chi connectivity index (χ2v) is 5.49. The van der Waals surface area contributed by atoms with E-state index in [1.807, 2.05) is 36.5 Å². The summed E-state index contributed by atoms with van der Waals surface area (Å²) in [6.45, 7) is 2.70. The van der Waals surface area contributed by atoms with Crippen LogP contribution >= 0.6 is 35.6 Å². The molecule has 2 rings (SSSR count). The van der Waals surface area contributed by atoms with Crippen molar-refractivity contribution in [1.29, 1.82) is 0 Å². The summed E-state index contributed by atoms with van der Waals surface area (Å²) in [5.41, 5.74) is 8.20. The van der Waals surface area contributed by atoms with Gasteiger partial charge in [0.25, 0.3) is 0 Å². The van der Waals surface area contributed by atoms with Crippen LogP contribution in [0.2, 0.25) is 10.0 Å². The first-order chi connectivity index (χ1) is 9.11. The van der Waals surface area contributed by atoms with Crippen LogP contribution in [0, 0.1) is 0 Å². The lowest BCUT2D eigenvalue weighted by molar-refractivity contribution is 0.583. The van der Waals surface area contributed by atoms with Crippen molar-refractivity contribution in [3.8, 4) is 0 Å². The lowest BCUT2D eigenvalue weighted by Crippen LogP contribution is -2.18. The van der Waals surface area contributed by atoms with Gasteiger partial charge in [0.2, 0.25) is 0 Å². The van der Waals surface area contributed by atoms with Gasteiger partial charge in [-0.15, -0.1) is 12.4 Å². The van der Waals surface area contributed by atoms with Crippen LogP contribution in [-0.4, -0.2) is 11.5 Å². The molecule has 0 aliphatic carbocycles. The van der Waals surface area contributed by atoms with Gasteiger partial charge in [0.1, 0.15) is 0 Å². The van der Waals surface area contributed by atoms with Gasteiger partial charge in [-0.3, -0.25) is 4.98 Å². The Morgan fingerprint density at radius 2 is 1.70 bits per heavy atom. The maximum Gasteiger partial charge on any atom is 0.0592 e. The molecule has 1 heterocycles. The van der Waals surface area contributed by atoms with Crippen molar-refractivity contribution >= 4 is 35.6 Å². The molecule has 2 atom stereocenters. The Kier molecular flexibility index (Phi) is 6.77. The number of pyridine rings is 1. The number of nitrogens with zero attached hydrogens (tertiary/aromatic N) is 1. The highest BCUT2D eigenvalue weighted by Gasteiger charge is 2.20. The van der Waals surface area contributed by atoms with Crippen molar-refractivity contribution in [2.24, 2.45) is 5.73 Å². The predicted octanol–water partition coefficient (Wildman–Crippen LogP) is 4.66. The third-order valence-electron chi connectivity index (χ3n) is 3.41. The molecule has 108 valence electrons. The fourth-order valence-electron chi connectivity index (χ4n) is 2.26. The Balaban J connectivity index is 0.00000200. The summed E-state index contributed by atoms with van der Waals surface area (Å²) in [6.07, 6.45) is 3.46. The first kappa shape index (κ1) is 17.3. The molecule has 0 aliphatic rings. The Morgan fingerprint density at radius 1 is 1.05 bits per heavy atom. The standard InChI is InChI=1S/C15H16Cl2N2.ClH/c1-10(11-2-4-13(16)5-3-11)15(7-18)12-6-14(17)9-19-8-12;/h2-6,8-10,15H,7,18H2,1H3;1H. The largest absolute Gasteiger partial charge is 0.330 e. The van der Waals surface area contributed by atoms with E-state index in [0.717, 1.165) is 10.6 Å². The molecular formula is C15H17Cl3N2. The van der Waals surface area contributed by atoms with Crippen LogP contribution in [-0.2, 0) is 0 Å². The molecule has 2 unspecified atom stereocenters. The van der Waals surface area contributed by atoms with Gasteiger partial charge in [-0.05, 0) is 41.8 Å². The Hall–Kier alpha value is -0.800. The van der Waals surface area contributed by atoms with E-state index in [1.54, 1.807) is 6.20 Å². The van der Waals surface area contributed by atoms with Gasteiger partial charge in [-0.25, -0.2) is 0 Å². The summed E-state index contributed by atoms with van der Waals surface area (Å²) in [6, 6.07) is 9.80. The monoisotopic (exact) mass is 330 g/mol. The minimum atomic E-state index is 0. The molecule has 2 nitrogen and oxygen atoms in total. The number of benzene rings is 1.